The fourth-order valence-electron chi connectivity index (χ4n) is 4.31. The number of hydrogen-bond acceptors (Lipinski definition) is 8. The van der Waals surface area contributed by atoms with Crippen LogP contribution in [0.15, 0.2) is 79.0 Å². The lowest BCUT2D eigenvalue weighted by molar-refractivity contribution is -0.00920. The second-order valence-corrected chi connectivity index (χ2v) is 12.5. The van der Waals surface area contributed by atoms with Gasteiger partial charge in [0.05, 0.1) is 17.1 Å². The van der Waals surface area contributed by atoms with Gasteiger partial charge in [0.1, 0.15) is 27.7 Å². The van der Waals surface area contributed by atoms with E-state index in [2.05, 4.69) is 34.1 Å². The summed E-state index contributed by atoms with van der Waals surface area (Å²) in [4.78, 5) is 32.7. The number of amides is 1. The molecule has 1 fully saturated rings. The predicted octanol–water partition coefficient (Wildman–Crippen LogP) is 6.26. The van der Waals surface area contributed by atoms with Crippen LogP contribution in [0.1, 0.15) is 24.3 Å². The molecule has 2 aromatic carbocycles. The summed E-state index contributed by atoms with van der Waals surface area (Å²) >= 11 is 1.48. The lowest BCUT2D eigenvalue weighted by Crippen LogP contribution is -2.24. The fraction of sp³-hybridized carbons (Fsp3) is 0.207. The number of anilines is 1. The van der Waals surface area contributed by atoms with Crippen molar-refractivity contribution in [1.82, 2.24) is 19.9 Å². The first kappa shape index (κ1) is 25.5. The first-order valence-corrected chi connectivity index (χ1v) is 14.6. The number of hydrogen-bond donors (Lipinski definition) is 1. The average Bonchev–Trinajstić information content (AvgIpc) is 3.55. The van der Waals surface area contributed by atoms with E-state index in [0.29, 0.717) is 32.6 Å². The second kappa shape index (κ2) is 10.8. The van der Waals surface area contributed by atoms with Crippen LogP contribution in [-0.2, 0) is 4.74 Å². The third kappa shape index (κ3) is 5.81. The summed E-state index contributed by atoms with van der Waals surface area (Å²) in [7, 11) is 0.712. The van der Waals surface area contributed by atoms with Crippen molar-refractivity contribution < 1.29 is 14.3 Å². The van der Waals surface area contributed by atoms with Gasteiger partial charge in [-0.15, -0.1) is 0 Å². The Morgan fingerprint density at radius 3 is 2.69 bits per heavy atom. The summed E-state index contributed by atoms with van der Waals surface area (Å²) in [6.45, 7) is 4.54. The van der Waals surface area contributed by atoms with Gasteiger partial charge in [-0.2, -0.15) is 4.98 Å². The molecule has 1 saturated heterocycles. The Balaban J connectivity index is 1.29. The van der Waals surface area contributed by atoms with Gasteiger partial charge in [0.2, 0.25) is 5.88 Å². The summed E-state index contributed by atoms with van der Waals surface area (Å²) in [5.41, 5.74) is 3.25. The van der Waals surface area contributed by atoms with Gasteiger partial charge in [-0.05, 0) is 44.3 Å². The Kier molecular flexibility index (Phi) is 7.04. The minimum Gasteiger partial charge on any atom is -0.475 e. The summed E-state index contributed by atoms with van der Waals surface area (Å²) < 4.78 is 12.1. The lowest BCUT2D eigenvalue weighted by atomic mass is 10.1. The van der Waals surface area contributed by atoms with Gasteiger partial charge in [-0.25, -0.2) is 15.0 Å². The number of ether oxygens (including phenoxy) is 2. The zero-order chi connectivity index (χ0) is 26.8. The largest absolute Gasteiger partial charge is 0.475 e. The molecule has 39 heavy (non-hydrogen) atoms. The molecule has 3 aromatic heterocycles. The number of aromatic nitrogens is 4. The third-order valence-corrected chi connectivity index (χ3v) is 8.81. The van der Waals surface area contributed by atoms with Gasteiger partial charge < -0.3 is 14.8 Å². The Morgan fingerprint density at radius 2 is 1.90 bits per heavy atom. The molecule has 1 N–H and O–H groups in total. The van der Waals surface area contributed by atoms with E-state index in [9.17, 15) is 4.79 Å². The highest BCUT2D eigenvalue weighted by Crippen LogP contribution is 2.41. The Morgan fingerprint density at radius 1 is 1.08 bits per heavy atom. The highest BCUT2D eigenvalue weighted by Gasteiger charge is 2.32. The number of carbonyl (C=O) groups excluding carboxylic acids is 1. The number of fused-ring (bicyclic) bond motifs is 1. The van der Waals surface area contributed by atoms with E-state index in [1.54, 1.807) is 12.3 Å². The van der Waals surface area contributed by atoms with Crippen LogP contribution < -0.4 is 10.1 Å². The van der Waals surface area contributed by atoms with Crippen molar-refractivity contribution in [3.63, 3.8) is 0 Å². The average molecular weight is 556 g/mol. The van der Waals surface area contributed by atoms with Crippen molar-refractivity contribution in [3.8, 4) is 27.8 Å². The summed E-state index contributed by atoms with van der Waals surface area (Å²) in [5, 5.41) is 3.66. The number of thiazole rings is 1. The summed E-state index contributed by atoms with van der Waals surface area (Å²) in [6, 6.07) is 22.5. The number of nitrogens with one attached hydrogen (secondary N) is 1. The molecule has 2 atom stereocenters. The number of nitrogens with zero attached hydrogens (tertiary/aromatic N) is 4. The molecule has 4 heterocycles. The van der Waals surface area contributed by atoms with E-state index in [1.807, 2.05) is 66.7 Å². The molecule has 0 saturated carbocycles. The number of para-hydroxylation sites is 1. The van der Waals surface area contributed by atoms with Crippen LogP contribution >= 0.6 is 19.9 Å². The third-order valence-electron chi connectivity index (χ3n) is 6.17. The van der Waals surface area contributed by atoms with Crippen molar-refractivity contribution in [2.45, 2.75) is 25.3 Å². The molecule has 8 nitrogen and oxygen atoms in total. The van der Waals surface area contributed by atoms with E-state index in [0.717, 1.165) is 32.6 Å². The quantitative estimate of drug-likeness (QED) is 0.237. The first-order valence-electron chi connectivity index (χ1n) is 12.6. The molecule has 1 unspecified atom stereocenters. The molecule has 1 amide bonds. The second-order valence-electron chi connectivity index (χ2n) is 9.57. The zero-order valence-electron chi connectivity index (χ0n) is 21.4. The minimum absolute atomic E-state index is 0.0130. The Labute approximate surface area is 231 Å². The van der Waals surface area contributed by atoms with Gasteiger partial charge in [-0.3, -0.25) is 4.79 Å². The van der Waals surface area contributed by atoms with E-state index < -0.39 is 0 Å². The summed E-state index contributed by atoms with van der Waals surface area (Å²) in [6.07, 6.45) is 2.67. The summed E-state index contributed by atoms with van der Waals surface area (Å²) in [5.74, 6) is 0.375. The standard InChI is InChI=1S/C29H26N5O3PS/c1-29(2)37-19(17-38-29)16-36-24-15-23(31-25(34-24)18-9-4-3-5-10-18)26(35)32-21-12-7-6-11-20(21)27-33-22-13-8-14-30-28(22)39-27/h3-15,19,38H,16-17H2,1-2H3,(H,32,35)/t19-/m1/s1. The minimum atomic E-state index is -0.370. The number of rotatable bonds is 7. The van der Waals surface area contributed by atoms with Crippen molar-refractivity contribution >= 4 is 41.9 Å². The predicted molar refractivity (Wildman–Crippen MR) is 156 cm³/mol. The van der Waals surface area contributed by atoms with Gasteiger partial charge in [0.25, 0.3) is 5.91 Å². The normalized spacial score (nSPS) is 16.9. The van der Waals surface area contributed by atoms with Crippen LogP contribution in [-0.4, -0.2) is 50.1 Å². The maximum absolute atomic E-state index is 13.5. The Hall–Kier alpha value is -3.78. The molecule has 10 heteroatoms. The monoisotopic (exact) mass is 555 g/mol. The number of benzene rings is 2. The number of carbonyl (C=O) groups is 1. The van der Waals surface area contributed by atoms with Crippen molar-refractivity contribution in [2.75, 3.05) is 18.1 Å². The lowest BCUT2D eigenvalue weighted by Gasteiger charge is -2.19. The fourth-order valence-corrected chi connectivity index (χ4v) is 6.43. The van der Waals surface area contributed by atoms with Crippen LogP contribution in [0.3, 0.4) is 0 Å². The topological polar surface area (TPSA) is 99.1 Å². The van der Waals surface area contributed by atoms with E-state index in [1.165, 1.54) is 11.3 Å². The van der Waals surface area contributed by atoms with E-state index in [-0.39, 0.29) is 23.0 Å². The SMILES string of the molecule is CC1(C)O[C@H](COc2cc(C(=O)Nc3ccccc3-c3nc4cccnc4s3)nc(-c3ccccc3)n2)CP1. The van der Waals surface area contributed by atoms with E-state index >= 15 is 0 Å². The van der Waals surface area contributed by atoms with Gasteiger partial charge in [0, 0.05) is 23.4 Å². The van der Waals surface area contributed by atoms with Gasteiger partial charge in [0.15, 0.2) is 5.82 Å². The van der Waals surface area contributed by atoms with Crippen LogP contribution in [0, 0.1) is 0 Å². The molecule has 5 aromatic rings. The van der Waals surface area contributed by atoms with Gasteiger partial charge >= 0.3 is 0 Å². The van der Waals surface area contributed by atoms with E-state index in [4.69, 9.17) is 14.5 Å². The van der Waals surface area contributed by atoms with Crippen LogP contribution in [0.4, 0.5) is 5.69 Å². The maximum atomic E-state index is 13.5. The van der Waals surface area contributed by atoms with Crippen molar-refractivity contribution in [1.29, 1.82) is 0 Å². The molecule has 0 bridgehead atoms. The highest BCUT2D eigenvalue weighted by molar-refractivity contribution is 7.40. The number of pyridine rings is 1. The van der Waals surface area contributed by atoms with Crippen LogP contribution in [0.2, 0.25) is 0 Å². The molecule has 6 rings (SSSR count). The molecule has 0 aliphatic carbocycles. The van der Waals surface area contributed by atoms with Crippen molar-refractivity contribution in [3.05, 3.63) is 84.7 Å². The maximum Gasteiger partial charge on any atom is 0.274 e. The molecule has 1 aliphatic rings. The first-order chi connectivity index (χ1) is 18.9. The van der Waals surface area contributed by atoms with Crippen LogP contribution in [0.5, 0.6) is 5.88 Å². The highest BCUT2D eigenvalue weighted by atomic mass is 32.1. The zero-order valence-corrected chi connectivity index (χ0v) is 23.2. The molecule has 0 spiro atoms. The smallest absolute Gasteiger partial charge is 0.274 e. The Bertz CT molecular complexity index is 1610. The molecular formula is C29H26N5O3PS. The van der Waals surface area contributed by atoms with Gasteiger partial charge in [-0.1, -0.05) is 62.4 Å². The molecular weight excluding hydrogens is 529 g/mol. The van der Waals surface area contributed by atoms with Crippen LogP contribution in [0.25, 0.3) is 32.3 Å². The molecule has 0 radical (unpaired) electrons. The molecule has 1 aliphatic heterocycles. The molecule has 196 valence electrons. The van der Waals surface area contributed by atoms with Crippen molar-refractivity contribution in [2.24, 2.45) is 0 Å².